The van der Waals surface area contributed by atoms with Crippen molar-refractivity contribution in [2.45, 2.75) is 76.5 Å². The molecule has 0 unspecified atom stereocenters. The summed E-state index contributed by atoms with van der Waals surface area (Å²) in [7, 11) is 0. The van der Waals surface area contributed by atoms with E-state index in [-0.39, 0.29) is 24.4 Å². The van der Waals surface area contributed by atoms with Crippen molar-refractivity contribution >= 4 is 0 Å². The Kier molecular flexibility index (Phi) is 3.68. The van der Waals surface area contributed by atoms with E-state index in [2.05, 4.69) is 36.5 Å². The topological polar surface area (TPSA) is 36.9 Å². The SMILES string of the molecule is CC1(C)O[C@H]2C=C[C@@H]3C(=CCC[C@H]3C3=CC=C[C@@H]4OC(C)(C)O[C@H]34)[C@H]2O1. The lowest BCUT2D eigenvalue weighted by molar-refractivity contribution is -0.141. The van der Waals surface area contributed by atoms with Gasteiger partial charge in [0.1, 0.15) is 24.4 Å². The smallest absolute Gasteiger partial charge is 0.164 e. The summed E-state index contributed by atoms with van der Waals surface area (Å²) in [5.41, 5.74) is 2.74. The van der Waals surface area contributed by atoms with E-state index in [1.165, 1.54) is 11.1 Å². The largest absolute Gasteiger partial charge is 0.340 e. The van der Waals surface area contributed by atoms with Crippen LogP contribution in [0, 0.1) is 11.8 Å². The zero-order valence-corrected chi connectivity index (χ0v) is 16.0. The molecule has 2 aliphatic heterocycles. The first-order chi connectivity index (χ1) is 12.3. The van der Waals surface area contributed by atoms with E-state index in [9.17, 15) is 0 Å². The van der Waals surface area contributed by atoms with Crippen LogP contribution in [0.15, 0.2) is 47.6 Å². The summed E-state index contributed by atoms with van der Waals surface area (Å²) in [5, 5.41) is 0. The molecule has 5 rings (SSSR count). The zero-order chi connectivity index (χ0) is 18.1. The number of rotatable bonds is 1. The van der Waals surface area contributed by atoms with Gasteiger partial charge in [-0.3, -0.25) is 0 Å². The van der Waals surface area contributed by atoms with E-state index in [4.69, 9.17) is 18.9 Å². The highest BCUT2D eigenvalue weighted by Gasteiger charge is 2.50. The Hall–Kier alpha value is -1.20. The molecule has 0 radical (unpaired) electrons. The van der Waals surface area contributed by atoms with Crippen LogP contribution in [0.5, 0.6) is 0 Å². The Balaban J connectivity index is 1.45. The highest BCUT2D eigenvalue weighted by Crippen LogP contribution is 2.49. The molecule has 2 heterocycles. The van der Waals surface area contributed by atoms with E-state index in [1.807, 2.05) is 27.7 Å². The van der Waals surface area contributed by atoms with Gasteiger partial charge >= 0.3 is 0 Å². The van der Waals surface area contributed by atoms with Crippen molar-refractivity contribution in [3.8, 4) is 0 Å². The highest BCUT2D eigenvalue weighted by atomic mass is 16.8. The standard InChI is InChI=1S/C22H28O4/c1-21(2)23-17-10-6-9-15(19(17)25-21)13-7-5-8-16-14(13)11-12-18-20(16)26-22(3,4)24-18/h6,8-14,17-20H,5,7H2,1-4H3/t13-,14+,17+,18+,19-,20-/m1/s1. The average Bonchev–Trinajstić information content (AvgIpc) is 3.07. The van der Waals surface area contributed by atoms with Crippen LogP contribution in [0.2, 0.25) is 0 Å². The second-order valence-electron chi connectivity index (χ2n) is 8.89. The Labute approximate surface area is 155 Å². The van der Waals surface area contributed by atoms with Crippen molar-refractivity contribution in [3.63, 3.8) is 0 Å². The lowest BCUT2D eigenvalue weighted by Crippen LogP contribution is -2.39. The van der Waals surface area contributed by atoms with Crippen LogP contribution in [0.4, 0.5) is 0 Å². The fourth-order valence-electron chi connectivity index (χ4n) is 5.21. The predicted molar refractivity (Wildman–Crippen MR) is 98.3 cm³/mol. The minimum absolute atomic E-state index is 0.0164. The average molecular weight is 356 g/mol. The summed E-state index contributed by atoms with van der Waals surface area (Å²) < 4.78 is 24.7. The molecule has 2 fully saturated rings. The minimum Gasteiger partial charge on any atom is -0.340 e. The van der Waals surface area contributed by atoms with Crippen LogP contribution < -0.4 is 0 Å². The molecule has 0 aromatic heterocycles. The molecule has 0 spiro atoms. The summed E-state index contributed by atoms with van der Waals surface area (Å²) in [6, 6.07) is 0. The maximum absolute atomic E-state index is 6.28. The van der Waals surface area contributed by atoms with Gasteiger partial charge in [0.25, 0.3) is 0 Å². The van der Waals surface area contributed by atoms with Crippen molar-refractivity contribution in [3.05, 3.63) is 47.6 Å². The third kappa shape index (κ3) is 2.66. The summed E-state index contributed by atoms with van der Waals surface area (Å²) in [6.45, 7) is 8.00. The molecule has 0 aromatic carbocycles. The number of ether oxygens (including phenoxy) is 4. The molecule has 4 nitrogen and oxygen atoms in total. The number of hydrogen-bond donors (Lipinski definition) is 0. The highest BCUT2D eigenvalue weighted by molar-refractivity contribution is 5.38. The molecular formula is C22H28O4. The van der Waals surface area contributed by atoms with Crippen molar-refractivity contribution in [1.82, 2.24) is 0 Å². The summed E-state index contributed by atoms with van der Waals surface area (Å²) in [5.74, 6) is -0.272. The van der Waals surface area contributed by atoms with Crippen LogP contribution in [0.1, 0.15) is 40.5 Å². The molecule has 0 saturated carbocycles. The molecule has 0 bridgehead atoms. The van der Waals surface area contributed by atoms with Gasteiger partial charge in [0, 0.05) is 5.92 Å². The van der Waals surface area contributed by atoms with Crippen LogP contribution in [-0.2, 0) is 18.9 Å². The van der Waals surface area contributed by atoms with E-state index >= 15 is 0 Å². The quantitative estimate of drug-likeness (QED) is 0.665. The first kappa shape index (κ1) is 16.9. The Bertz CT molecular complexity index is 726. The number of hydrogen-bond acceptors (Lipinski definition) is 4. The molecule has 2 saturated heterocycles. The first-order valence-electron chi connectivity index (χ1n) is 9.81. The van der Waals surface area contributed by atoms with Gasteiger partial charge in [0.15, 0.2) is 11.6 Å². The monoisotopic (exact) mass is 356 g/mol. The summed E-state index contributed by atoms with van der Waals surface area (Å²) >= 11 is 0. The third-order valence-corrected chi connectivity index (χ3v) is 6.12. The molecule has 0 aromatic rings. The van der Waals surface area contributed by atoms with Crippen LogP contribution in [-0.4, -0.2) is 36.0 Å². The molecular weight excluding hydrogens is 328 g/mol. The van der Waals surface area contributed by atoms with Gasteiger partial charge in [-0.05, 0) is 57.6 Å². The van der Waals surface area contributed by atoms with Gasteiger partial charge in [0.05, 0.1) is 0 Å². The van der Waals surface area contributed by atoms with Crippen molar-refractivity contribution in [2.24, 2.45) is 11.8 Å². The normalized spacial score (nSPS) is 44.8. The molecule has 4 heteroatoms. The van der Waals surface area contributed by atoms with Gasteiger partial charge in [-0.25, -0.2) is 0 Å². The third-order valence-electron chi connectivity index (χ3n) is 6.12. The number of fused-ring (bicyclic) bond motifs is 4. The van der Waals surface area contributed by atoms with E-state index in [0.717, 1.165) is 12.8 Å². The summed E-state index contributed by atoms with van der Waals surface area (Å²) in [6.07, 6.45) is 15.7. The van der Waals surface area contributed by atoms with Gasteiger partial charge in [-0.15, -0.1) is 0 Å². The lowest BCUT2D eigenvalue weighted by Gasteiger charge is -2.40. The van der Waals surface area contributed by atoms with E-state index < -0.39 is 11.6 Å². The van der Waals surface area contributed by atoms with Crippen molar-refractivity contribution in [2.75, 3.05) is 0 Å². The molecule has 140 valence electrons. The second-order valence-corrected chi connectivity index (χ2v) is 8.89. The molecule has 0 amide bonds. The Morgan fingerprint density at radius 2 is 1.46 bits per heavy atom. The van der Waals surface area contributed by atoms with E-state index in [0.29, 0.717) is 11.8 Å². The zero-order valence-electron chi connectivity index (χ0n) is 16.0. The van der Waals surface area contributed by atoms with Gasteiger partial charge < -0.3 is 18.9 Å². The molecule has 3 aliphatic carbocycles. The summed E-state index contributed by atoms with van der Waals surface area (Å²) in [4.78, 5) is 0. The lowest BCUT2D eigenvalue weighted by atomic mass is 9.68. The Morgan fingerprint density at radius 1 is 0.808 bits per heavy atom. The van der Waals surface area contributed by atoms with Gasteiger partial charge in [0.2, 0.25) is 0 Å². The van der Waals surface area contributed by atoms with Crippen LogP contribution >= 0.6 is 0 Å². The molecule has 5 aliphatic rings. The maximum atomic E-state index is 6.28. The maximum Gasteiger partial charge on any atom is 0.164 e. The van der Waals surface area contributed by atoms with Crippen molar-refractivity contribution < 1.29 is 18.9 Å². The van der Waals surface area contributed by atoms with Crippen LogP contribution in [0.3, 0.4) is 0 Å². The van der Waals surface area contributed by atoms with Crippen LogP contribution in [0.25, 0.3) is 0 Å². The first-order valence-corrected chi connectivity index (χ1v) is 9.81. The number of allylic oxidation sites excluding steroid dienone is 4. The van der Waals surface area contributed by atoms with Gasteiger partial charge in [-0.2, -0.15) is 0 Å². The van der Waals surface area contributed by atoms with E-state index in [1.54, 1.807) is 0 Å². The second kappa shape index (κ2) is 5.65. The fraction of sp³-hybridized carbons (Fsp3) is 0.636. The van der Waals surface area contributed by atoms with Gasteiger partial charge in [-0.1, -0.05) is 36.5 Å². The minimum atomic E-state index is -0.531. The molecule has 0 N–H and O–H groups in total. The Morgan fingerprint density at radius 3 is 2.19 bits per heavy atom. The molecule has 26 heavy (non-hydrogen) atoms. The fourth-order valence-corrected chi connectivity index (χ4v) is 5.21. The predicted octanol–water partition coefficient (Wildman–Crippen LogP) is 4.05. The molecule has 6 atom stereocenters. The van der Waals surface area contributed by atoms with Crippen molar-refractivity contribution in [1.29, 1.82) is 0 Å².